The van der Waals surface area contributed by atoms with Crippen LogP contribution in [0.4, 0.5) is 5.69 Å². The van der Waals surface area contributed by atoms with Crippen LogP contribution in [-0.4, -0.2) is 25.0 Å². The average Bonchev–Trinajstić information content (AvgIpc) is 3.08. The molecule has 3 rings (SSSR count). The third-order valence-electron chi connectivity index (χ3n) is 2.82. The first-order valence-electron chi connectivity index (χ1n) is 5.99. The van der Waals surface area contributed by atoms with Crippen LogP contribution in [-0.2, 0) is 13.6 Å². The third-order valence-corrected chi connectivity index (χ3v) is 2.82. The highest BCUT2D eigenvalue weighted by Gasteiger charge is 2.00. The van der Waals surface area contributed by atoms with Crippen molar-refractivity contribution in [3.8, 4) is 11.3 Å². The minimum atomic E-state index is 0.664. The number of aromatic amines is 1. The average molecular weight is 254 g/mol. The molecule has 0 saturated carbocycles. The number of anilines is 1. The minimum Gasteiger partial charge on any atom is -0.379 e. The fourth-order valence-corrected chi connectivity index (χ4v) is 1.85. The number of rotatable bonds is 4. The van der Waals surface area contributed by atoms with Crippen molar-refractivity contribution in [2.45, 2.75) is 6.54 Å². The van der Waals surface area contributed by atoms with Gasteiger partial charge in [-0.1, -0.05) is 17.3 Å². The molecule has 0 amide bonds. The summed E-state index contributed by atoms with van der Waals surface area (Å²) in [7, 11) is 1.86. The maximum Gasteiger partial charge on any atom is 0.102 e. The van der Waals surface area contributed by atoms with E-state index in [1.54, 1.807) is 11.0 Å². The number of benzene rings is 1. The van der Waals surface area contributed by atoms with Crippen LogP contribution < -0.4 is 5.32 Å². The number of aryl methyl sites for hydroxylation is 1. The Kier molecular flexibility index (Phi) is 2.97. The molecule has 2 aromatic heterocycles. The van der Waals surface area contributed by atoms with E-state index in [4.69, 9.17) is 0 Å². The highest BCUT2D eigenvalue weighted by Crippen LogP contribution is 2.18. The van der Waals surface area contributed by atoms with Crippen LogP contribution in [0.1, 0.15) is 5.69 Å². The van der Waals surface area contributed by atoms with Crippen LogP contribution in [0.2, 0.25) is 0 Å². The number of hydrogen-bond acceptors (Lipinski definition) is 4. The van der Waals surface area contributed by atoms with E-state index >= 15 is 0 Å². The van der Waals surface area contributed by atoms with Crippen LogP contribution in [0.5, 0.6) is 0 Å². The predicted octanol–water partition coefficient (Wildman–Crippen LogP) is 1.82. The Bertz CT molecular complexity index is 638. The Morgan fingerprint density at radius 2 is 2.11 bits per heavy atom. The molecule has 6 nitrogen and oxygen atoms in total. The molecule has 0 aliphatic carbocycles. The van der Waals surface area contributed by atoms with E-state index in [0.29, 0.717) is 6.54 Å². The second-order valence-corrected chi connectivity index (χ2v) is 4.28. The minimum absolute atomic E-state index is 0.664. The number of nitrogens with zero attached hydrogens (tertiary/aromatic N) is 4. The van der Waals surface area contributed by atoms with Crippen molar-refractivity contribution in [1.82, 2.24) is 25.0 Å². The third kappa shape index (κ3) is 2.62. The second kappa shape index (κ2) is 4.93. The molecule has 0 radical (unpaired) electrons. The zero-order chi connectivity index (χ0) is 13.1. The molecule has 0 aliphatic heterocycles. The SMILES string of the molecule is Cn1cc(CNc2ccc(-c3cnc[nH]3)cc2)nn1. The van der Waals surface area contributed by atoms with Gasteiger partial charge in [-0.05, 0) is 17.7 Å². The molecule has 2 N–H and O–H groups in total. The Morgan fingerprint density at radius 3 is 2.74 bits per heavy atom. The summed E-state index contributed by atoms with van der Waals surface area (Å²) in [6.07, 6.45) is 5.38. The zero-order valence-electron chi connectivity index (χ0n) is 10.5. The molecule has 0 unspecified atom stereocenters. The molecular formula is C13H14N6. The molecule has 0 atom stereocenters. The summed E-state index contributed by atoms with van der Waals surface area (Å²) in [6, 6.07) is 8.16. The van der Waals surface area contributed by atoms with Crippen molar-refractivity contribution >= 4 is 5.69 Å². The fourth-order valence-electron chi connectivity index (χ4n) is 1.85. The summed E-state index contributed by atoms with van der Waals surface area (Å²) in [5, 5.41) is 11.2. The van der Waals surface area contributed by atoms with Crippen molar-refractivity contribution in [1.29, 1.82) is 0 Å². The van der Waals surface area contributed by atoms with E-state index in [9.17, 15) is 0 Å². The van der Waals surface area contributed by atoms with E-state index in [2.05, 4.69) is 25.6 Å². The first-order valence-corrected chi connectivity index (χ1v) is 5.99. The van der Waals surface area contributed by atoms with Gasteiger partial charge in [0.05, 0.1) is 24.8 Å². The van der Waals surface area contributed by atoms with Gasteiger partial charge in [0.2, 0.25) is 0 Å². The van der Waals surface area contributed by atoms with E-state index < -0.39 is 0 Å². The van der Waals surface area contributed by atoms with Crippen LogP contribution in [0.3, 0.4) is 0 Å². The van der Waals surface area contributed by atoms with Crippen LogP contribution in [0.15, 0.2) is 43.0 Å². The lowest BCUT2D eigenvalue weighted by atomic mass is 10.1. The molecule has 96 valence electrons. The molecule has 6 heteroatoms. The van der Waals surface area contributed by atoms with E-state index in [1.807, 2.05) is 43.7 Å². The zero-order valence-corrected chi connectivity index (χ0v) is 10.5. The van der Waals surface area contributed by atoms with E-state index in [-0.39, 0.29) is 0 Å². The van der Waals surface area contributed by atoms with Gasteiger partial charge >= 0.3 is 0 Å². The molecule has 19 heavy (non-hydrogen) atoms. The second-order valence-electron chi connectivity index (χ2n) is 4.28. The number of hydrogen-bond donors (Lipinski definition) is 2. The Hall–Kier alpha value is -2.63. The van der Waals surface area contributed by atoms with Gasteiger partial charge in [0.15, 0.2) is 0 Å². The lowest BCUT2D eigenvalue weighted by Crippen LogP contribution is -1.99. The van der Waals surface area contributed by atoms with Gasteiger partial charge in [-0.15, -0.1) is 5.10 Å². The number of H-pyrrole nitrogens is 1. The maximum atomic E-state index is 4.03. The van der Waals surface area contributed by atoms with Crippen molar-refractivity contribution in [2.24, 2.45) is 7.05 Å². The summed E-state index contributed by atoms with van der Waals surface area (Å²) in [5.41, 5.74) is 4.09. The molecular weight excluding hydrogens is 240 g/mol. The smallest absolute Gasteiger partial charge is 0.102 e. The summed E-state index contributed by atoms with van der Waals surface area (Å²) in [4.78, 5) is 7.09. The normalized spacial score (nSPS) is 10.6. The predicted molar refractivity (Wildman–Crippen MR) is 72.4 cm³/mol. The molecule has 0 fully saturated rings. The van der Waals surface area contributed by atoms with Crippen LogP contribution in [0, 0.1) is 0 Å². The van der Waals surface area contributed by atoms with Gasteiger partial charge in [0, 0.05) is 18.9 Å². The molecule has 1 aromatic carbocycles. The molecule has 0 spiro atoms. The highest BCUT2D eigenvalue weighted by molar-refractivity contribution is 5.61. The summed E-state index contributed by atoms with van der Waals surface area (Å²) in [6.45, 7) is 0.664. The van der Waals surface area contributed by atoms with Crippen molar-refractivity contribution in [3.05, 3.63) is 48.7 Å². The first kappa shape index (κ1) is 11.5. The van der Waals surface area contributed by atoms with Gasteiger partial charge in [0.25, 0.3) is 0 Å². The molecule has 2 heterocycles. The highest BCUT2D eigenvalue weighted by atomic mass is 15.4. The standard InChI is InChI=1S/C13H14N6/c1-19-8-12(17-18-19)6-15-11-4-2-10(3-5-11)13-7-14-9-16-13/h2-5,7-9,15H,6H2,1H3,(H,14,16). The molecule has 0 aliphatic rings. The van der Waals surface area contributed by atoms with Gasteiger partial charge in [-0.2, -0.15) is 0 Å². The van der Waals surface area contributed by atoms with Crippen LogP contribution >= 0.6 is 0 Å². The van der Waals surface area contributed by atoms with E-state index in [0.717, 1.165) is 22.6 Å². The van der Waals surface area contributed by atoms with Crippen molar-refractivity contribution in [2.75, 3.05) is 5.32 Å². The summed E-state index contributed by atoms with van der Waals surface area (Å²) < 4.78 is 1.69. The first-order chi connectivity index (χ1) is 9.31. The monoisotopic (exact) mass is 254 g/mol. The Labute approximate surface area is 110 Å². The quantitative estimate of drug-likeness (QED) is 0.745. The van der Waals surface area contributed by atoms with Gasteiger partial charge in [0.1, 0.15) is 5.69 Å². The molecule has 0 saturated heterocycles. The van der Waals surface area contributed by atoms with E-state index in [1.165, 1.54) is 0 Å². The Morgan fingerprint density at radius 1 is 1.26 bits per heavy atom. The Balaban J connectivity index is 1.66. The van der Waals surface area contributed by atoms with Crippen LogP contribution in [0.25, 0.3) is 11.3 Å². The lowest BCUT2D eigenvalue weighted by Gasteiger charge is -2.05. The largest absolute Gasteiger partial charge is 0.379 e. The topological polar surface area (TPSA) is 71.4 Å². The summed E-state index contributed by atoms with van der Waals surface area (Å²) >= 11 is 0. The lowest BCUT2D eigenvalue weighted by molar-refractivity contribution is 0.713. The van der Waals surface area contributed by atoms with Crippen molar-refractivity contribution in [3.63, 3.8) is 0 Å². The van der Waals surface area contributed by atoms with Gasteiger partial charge < -0.3 is 10.3 Å². The summed E-state index contributed by atoms with van der Waals surface area (Å²) in [5.74, 6) is 0. The number of aromatic nitrogens is 5. The van der Waals surface area contributed by atoms with Gasteiger partial charge in [-0.25, -0.2) is 4.98 Å². The van der Waals surface area contributed by atoms with Gasteiger partial charge in [-0.3, -0.25) is 4.68 Å². The molecule has 3 aromatic rings. The molecule has 0 bridgehead atoms. The fraction of sp³-hybridized carbons (Fsp3) is 0.154. The number of nitrogens with one attached hydrogen (secondary N) is 2. The van der Waals surface area contributed by atoms with Crippen molar-refractivity contribution < 1.29 is 0 Å². The number of imidazole rings is 1. The maximum absolute atomic E-state index is 4.03.